The Hall–Kier alpha value is -2.93. The number of benzene rings is 2. The van der Waals surface area contributed by atoms with E-state index in [1.54, 1.807) is 19.2 Å². The summed E-state index contributed by atoms with van der Waals surface area (Å²) in [6.45, 7) is 2.56. The molecule has 0 amide bonds. The van der Waals surface area contributed by atoms with Crippen LogP contribution in [0.2, 0.25) is 0 Å². The lowest BCUT2D eigenvalue weighted by Crippen LogP contribution is -2.10. The van der Waals surface area contributed by atoms with Gasteiger partial charge in [-0.2, -0.15) is 9.36 Å². The third-order valence-electron chi connectivity index (χ3n) is 3.61. The SMILES string of the molecule is COc1ccc(Nc2nc(/C=C(\C)NCc3ccc(F)cc3)ns2)cc1. The Morgan fingerprint density at radius 1 is 1.15 bits per heavy atom. The Bertz CT molecular complexity index is 875. The number of hydrogen-bond acceptors (Lipinski definition) is 6. The van der Waals surface area contributed by atoms with Gasteiger partial charge in [0.15, 0.2) is 5.82 Å². The Balaban J connectivity index is 1.57. The van der Waals surface area contributed by atoms with Crippen LogP contribution in [-0.4, -0.2) is 16.5 Å². The summed E-state index contributed by atoms with van der Waals surface area (Å²) >= 11 is 1.29. The number of rotatable bonds is 7. The van der Waals surface area contributed by atoms with Crippen molar-refractivity contribution in [2.24, 2.45) is 0 Å². The molecular formula is C19H19FN4OS. The van der Waals surface area contributed by atoms with Gasteiger partial charge in [-0.3, -0.25) is 0 Å². The molecule has 7 heteroatoms. The van der Waals surface area contributed by atoms with E-state index in [0.29, 0.717) is 17.5 Å². The molecule has 2 N–H and O–H groups in total. The molecule has 2 aromatic carbocycles. The Morgan fingerprint density at radius 3 is 2.58 bits per heavy atom. The first-order valence-electron chi connectivity index (χ1n) is 8.04. The van der Waals surface area contributed by atoms with Gasteiger partial charge in [0.1, 0.15) is 11.6 Å². The van der Waals surface area contributed by atoms with Gasteiger partial charge in [0.25, 0.3) is 0 Å². The summed E-state index contributed by atoms with van der Waals surface area (Å²) in [5.41, 5.74) is 2.86. The molecule has 134 valence electrons. The first-order valence-corrected chi connectivity index (χ1v) is 8.81. The van der Waals surface area contributed by atoms with Gasteiger partial charge in [0.05, 0.1) is 7.11 Å². The summed E-state index contributed by atoms with van der Waals surface area (Å²) in [6, 6.07) is 14.0. The minimum atomic E-state index is -0.232. The molecule has 0 bridgehead atoms. The van der Waals surface area contributed by atoms with Crippen molar-refractivity contribution in [3.63, 3.8) is 0 Å². The van der Waals surface area contributed by atoms with Gasteiger partial charge < -0.3 is 15.4 Å². The average Bonchev–Trinajstić information content (AvgIpc) is 3.08. The third-order valence-corrected chi connectivity index (χ3v) is 4.26. The number of allylic oxidation sites excluding steroid dienone is 1. The van der Waals surface area contributed by atoms with Crippen LogP contribution < -0.4 is 15.4 Å². The Labute approximate surface area is 155 Å². The highest BCUT2D eigenvalue weighted by Crippen LogP contribution is 2.21. The molecule has 3 rings (SSSR count). The maximum atomic E-state index is 12.9. The zero-order valence-electron chi connectivity index (χ0n) is 14.5. The van der Waals surface area contributed by atoms with Crippen molar-refractivity contribution in [1.29, 1.82) is 0 Å². The molecule has 0 aliphatic carbocycles. The average molecular weight is 370 g/mol. The van der Waals surface area contributed by atoms with E-state index < -0.39 is 0 Å². The molecule has 0 fully saturated rings. The first kappa shape index (κ1) is 17.9. The van der Waals surface area contributed by atoms with Crippen LogP contribution in [0.3, 0.4) is 0 Å². The highest BCUT2D eigenvalue weighted by Gasteiger charge is 2.03. The van der Waals surface area contributed by atoms with Crippen LogP contribution in [0.15, 0.2) is 54.2 Å². The van der Waals surface area contributed by atoms with E-state index in [-0.39, 0.29) is 5.82 Å². The lowest BCUT2D eigenvalue weighted by atomic mass is 10.2. The molecule has 0 aliphatic rings. The van der Waals surface area contributed by atoms with Crippen molar-refractivity contribution in [3.05, 3.63) is 71.4 Å². The maximum absolute atomic E-state index is 12.9. The van der Waals surface area contributed by atoms with Gasteiger partial charge in [-0.25, -0.2) is 4.39 Å². The van der Waals surface area contributed by atoms with Crippen LogP contribution in [-0.2, 0) is 6.54 Å². The molecule has 5 nitrogen and oxygen atoms in total. The summed E-state index contributed by atoms with van der Waals surface area (Å²) in [4.78, 5) is 4.45. The van der Waals surface area contributed by atoms with Gasteiger partial charge >= 0.3 is 0 Å². The van der Waals surface area contributed by atoms with E-state index in [0.717, 1.165) is 22.7 Å². The van der Waals surface area contributed by atoms with E-state index in [1.165, 1.54) is 23.7 Å². The standard InChI is InChI=1S/C19H19FN4OS/c1-13(21-12-14-3-5-15(20)6-4-14)11-18-23-19(26-24-18)22-16-7-9-17(25-2)10-8-16/h3-11,21H,12H2,1-2H3,(H,22,23,24)/b13-11+. The van der Waals surface area contributed by atoms with Gasteiger partial charge in [-0.15, -0.1) is 0 Å². The second kappa shape index (κ2) is 8.44. The predicted molar refractivity (Wildman–Crippen MR) is 103 cm³/mol. The molecule has 0 radical (unpaired) electrons. The molecule has 1 aromatic heterocycles. The highest BCUT2D eigenvalue weighted by atomic mass is 32.1. The van der Waals surface area contributed by atoms with Crippen molar-refractivity contribution in [2.45, 2.75) is 13.5 Å². The summed E-state index contributed by atoms with van der Waals surface area (Å²) in [6.07, 6.45) is 1.87. The molecule has 0 unspecified atom stereocenters. The van der Waals surface area contributed by atoms with Crippen molar-refractivity contribution in [2.75, 3.05) is 12.4 Å². The van der Waals surface area contributed by atoms with Crippen molar-refractivity contribution < 1.29 is 9.13 Å². The topological polar surface area (TPSA) is 59.1 Å². The van der Waals surface area contributed by atoms with Gasteiger partial charge in [-0.1, -0.05) is 12.1 Å². The van der Waals surface area contributed by atoms with Gasteiger partial charge in [-0.05, 0) is 48.9 Å². The molecule has 0 aliphatic heterocycles. The zero-order valence-corrected chi connectivity index (χ0v) is 15.3. The molecule has 26 heavy (non-hydrogen) atoms. The number of ether oxygens (including phenoxy) is 1. The highest BCUT2D eigenvalue weighted by molar-refractivity contribution is 7.09. The van der Waals surface area contributed by atoms with E-state index in [4.69, 9.17) is 4.74 Å². The third kappa shape index (κ3) is 5.03. The molecular weight excluding hydrogens is 351 g/mol. The fraction of sp³-hybridized carbons (Fsp3) is 0.158. The monoisotopic (exact) mass is 370 g/mol. The normalized spacial score (nSPS) is 11.3. The maximum Gasteiger partial charge on any atom is 0.207 e. The molecule has 1 heterocycles. The van der Waals surface area contributed by atoms with Crippen LogP contribution in [0.25, 0.3) is 6.08 Å². The predicted octanol–water partition coefficient (Wildman–Crippen LogP) is 4.58. The summed E-state index contributed by atoms with van der Waals surface area (Å²) in [5.74, 6) is 1.21. The number of anilines is 2. The second-order valence-electron chi connectivity index (χ2n) is 5.62. The second-order valence-corrected chi connectivity index (χ2v) is 6.37. The molecule has 0 spiro atoms. The minimum Gasteiger partial charge on any atom is -0.497 e. The Kier molecular flexibility index (Phi) is 5.80. The van der Waals surface area contributed by atoms with E-state index in [2.05, 4.69) is 20.0 Å². The number of nitrogens with zero attached hydrogens (tertiary/aromatic N) is 2. The van der Waals surface area contributed by atoms with Crippen molar-refractivity contribution >= 4 is 28.4 Å². The van der Waals surface area contributed by atoms with Gasteiger partial charge in [0, 0.05) is 35.5 Å². The zero-order chi connectivity index (χ0) is 18.4. The molecule has 0 saturated carbocycles. The fourth-order valence-corrected chi connectivity index (χ4v) is 2.80. The first-order chi connectivity index (χ1) is 12.6. The fourth-order valence-electron chi connectivity index (χ4n) is 2.23. The van der Waals surface area contributed by atoms with Crippen LogP contribution in [0, 0.1) is 5.82 Å². The van der Waals surface area contributed by atoms with E-state index >= 15 is 0 Å². The summed E-state index contributed by atoms with van der Waals surface area (Å²) in [7, 11) is 1.64. The number of hydrogen-bond donors (Lipinski definition) is 2. The van der Waals surface area contributed by atoms with Crippen molar-refractivity contribution in [1.82, 2.24) is 14.7 Å². The van der Waals surface area contributed by atoms with Crippen LogP contribution in [0.1, 0.15) is 18.3 Å². The van der Waals surface area contributed by atoms with Crippen LogP contribution in [0.5, 0.6) is 5.75 Å². The smallest absolute Gasteiger partial charge is 0.207 e. The van der Waals surface area contributed by atoms with E-state index in [1.807, 2.05) is 37.3 Å². The Morgan fingerprint density at radius 2 is 1.88 bits per heavy atom. The van der Waals surface area contributed by atoms with Crippen molar-refractivity contribution in [3.8, 4) is 5.75 Å². The van der Waals surface area contributed by atoms with Crippen LogP contribution in [0.4, 0.5) is 15.2 Å². The number of aromatic nitrogens is 2. The summed E-state index contributed by atoms with van der Waals surface area (Å²) < 4.78 is 22.4. The summed E-state index contributed by atoms with van der Waals surface area (Å²) in [5, 5.41) is 7.20. The molecule has 3 aromatic rings. The van der Waals surface area contributed by atoms with Crippen LogP contribution >= 0.6 is 11.5 Å². The number of nitrogens with one attached hydrogen (secondary N) is 2. The lowest BCUT2D eigenvalue weighted by Gasteiger charge is -2.06. The van der Waals surface area contributed by atoms with E-state index in [9.17, 15) is 4.39 Å². The largest absolute Gasteiger partial charge is 0.497 e. The number of methoxy groups -OCH3 is 1. The molecule has 0 saturated heterocycles. The minimum absolute atomic E-state index is 0.232. The van der Waals surface area contributed by atoms with Gasteiger partial charge in [0.2, 0.25) is 5.13 Å². The number of halogens is 1. The lowest BCUT2D eigenvalue weighted by molar-refractivity contribution is 0.415. The molecule has 0 atom stereocenters. The quantitative estimate of drug-likeness (QED) is 0.637.